The van der Waals surface area contributed by atoms with Gasteiger partial charge in [-0.05, 0) is 37.1 Å². The van der Waals surface area contributed by atoms with Crippen LogP contribution in [0.5, 0.6) is 0 Å². The van der Waals surface area contributed by atoms with Crippen LogP contribution in [0.15, 0.2) is 23.1 Å². The van der Waals surface area contributed by atoms with Gasteiger partial charge in [0.1, 0.15) is 4.90 Å². The van der Waals surface area contributed by atoms with Gasteiger partial charge in [0.05, 0.1) is 5.56 Å². The van der Waals surface area contributed by atoms with Crippen molar-refractivity contribution in [3.63, 3.8) is 0 Å². The monoisotopic (exact) mass is 353 g/mol. The molecule has 0 unspecified atom stereocenters. The molecular weight excluding hydrogens is 330 g/mol. The Labute approximate surface area is 142 Å². The maximum atomic E-state index is 12.6. The first-order chi connectivity index (χ1) is 11.0. The number of rotatable bonds is 5. The molecule has 0 aromatic heterocycles. The molecule has 1 aromatic rings. The molecule has 1 aromatic carbocycles. The smallest absolute Gasteiger partial charge is 0.268 e. The molecule has 0 atom stereocenters. The van der Waals surface area contributed by atoms with Crippen molar-refractivity contribution in [1.82, 2.24) is 9.21 Å². The molecule has 0 spiro atoms. The third-order valence-electron chi connectivity index (χ3n) is 4.11. The molecule has 8 heteroatoms. The Morgan fingerprint density at radius 1 is 1.33 bits per heavy atom. The second-order valence-corrected chi connectivity index (χ2v) is 8.55. The van der Waals surface area contributed by atoms with Crippen molar-refractivity contribution < 1.29 is 18.0 Å². The second-order valence-electron chi connectivity index (χ2n) is 6.72. The Kier molecular flexibility index (Phi) is 4.74. The second kappa shape index (κ2) is 6.18. The van der Waals surface area contributed by atoms with E-state index in [9.17, 15) is 18.0 Å². The lowest BCUT2D eigenvalue weighted by atomic mass is 9.93. The largest absolute Gasteiger partial charge is 0.341 e. The molecule has 0 saturated carbocycles. The minimum absolute atomic E-state index is 0.0592. The highest BCUT2D eigenvalue weighted by Crippen LogP contribution is 2.31. The van der Waals surface area contributed by atoms with Gasteiger partial charge in [0, 0.05) is 25.7 Å². The zero-order valence-corrected chi connectivity index (χ0v) is 15.2. The molecule has 2 rings (SSSR count). The molecule has 24 heavy (non-hydrogen) atoms. The first-order valence-electron chi connectivity index (χ1n) is 7.72. The van der Waals surface area contributed by atoms with E-state index in [4.69, 9.17) is 5.73 Å². The zero-order valence-electron chi connectivity index (χ0n) is 14.4. The first-order valence-corrected chi connectivity index (χ1v) is 9.16. The van der Waals surface area contributed by atoms with Crippen LogP contribution in [0.25, 0.3) is 0 Å². The van der Waals surface area contributed by atoms with Gasteiger partial charge in [-0.15, -0.1) is 0 Å². The van der Waals surface area contributed by atoms with E-state index in [1.807, 2.05) is 13.8 Å². The summed E-state index contributed by atoms with van der Waals surface area (Å²) in [6, 6.07) is 4.17. The van der Waals surface area contributed by atoms with Gasteiger partial charge < -0.3 is 10.6 Å². The molecular formula is C16H23N3O4S. The van der Waals surface area contributed by atoms with E-state index in [-0.39, 0.29) is 33.9 Å². The molecule has 1 aliphatic heterocycles. The maximum Gasteiger partial charge on any atom is 0.268 e. The summed E-state index contributed by atoms with van der Waals surface area (Å²) >= 11 is 0. The van der Waals surface area contributed by atoms with Gasteiger partial charge in [0.2, 0.25) is 0 Å². The van der Waals surface area contributed by atoms with E-state index in [1.165, 1.54) is 23.1 Å². The quantitative estimate of drug-likeness (QED) is 0.848. The summed E-state index contributed by atoms with van der Waals surface area (Å²) in [6.07, 6.45) is 0. The molecule has 2 N–H and O–H groups in total. The number of sulfonamides is 1. The maximum absolute atomic E-state index is 12.6. The first kappa shape index (κ1) is 18.4. The molecule has 0 radical (unpaired) electrons. The van der Waals surface area contributed by atoms with E-state index < -0.39 is 15.9 Å². The molecule has 0 bridgehead atoms. The lowest BCUT2D eigenvalue weighted by molar-refractivity contribution is 0.0739. The zero-order chi connectivity index (χ0) is 18.3. The number of amides is 2. The minimum atomic E-state index is -3.87. The number of hydrogen-bond donors (Lipinski definition) is 1. The van der Waals surface area contributed by atoms with Crippen LogP contribution in [-0.4, -0.2) is 56.1 Å². The topological polar surface area (TPSA) is 101 Å². The van der Waals surface area contributed by atoms with Crippen LogP contribution in [0.4, 0.5) is 0 Å². The average Bonchev–Trinajstić information content (AvgIpc) is 2.72. The van der Waals surface area contributed by atoms with Crippen LogP contribution >= 0.6 is 0 Å². The van der Waals surface area contributed by atoms with Gasteiger partial charge in [-0.25, -0.2) is 12.7 Å². The number of hydrogen-bond acceptors (Lipinski definition) is 5. The molecule has 2 amide bonds. The summed E-state index contributed by atoms with van der Waals surface area (Å²) < 4.78 is 25.6. The van der Waals surface area contributed by atoms with Crippen molar-refractivity contribution in [2.24, 2.45) is 11.1 Å². The predicted octanol–water partition coefficient (Wildman–Crippen LogP) is 0.908. The van der Waals surface area contributed by atoms with Crippen LogP contribution in [-0.2, 0) is 10.0 Å². The molecule has 1 heterocycles. The van der Waals surface area contributed by atoms with Gasteiger partial charge in [0.15, 0.2) is 0 Å². The number of benzene rings is 1. The Balaban J connectivity index is 2.37. The van der Waals surface area contributed by atoms with Crippen molar-refractivity contribution >= 4 is 21.8 Å². The van der Waals surface area contributed by atoms with E-state index in [0.717, 1.165) is 4.31 Å². The molecule has 7 nitrogen and oxygen atoms in total. The van der Waals surface area contributed by atoms with Gasteiger partial charge >= 0.3 is 0 Å². The molecule has 1 aliphatic rings. The van der Waals surface area contributed by atoms with Crippen molar-refractivity contribution in [3.05, 3.63) is 29.3 Å². The van der Waals surface area contributed by atoms with Gasteiger partial charge in [-0.1, -0.05) is 13.8 Å². The lowest BCUT2D eigenvalue weighted by Crippen LogP contribution is -2.39. The Hall–Kier alpha value is -1.93. The minimum Gasteiger partial charge on any atom is -0.341 e. The molecule has 0 saturated heterocycles. The van der Waals surface area contributed by atoms with Crippen molar-refractivity contribution in [1.29, 1.82) is 0 Å². The van der Waals surface area contributed by atoms with Crippen LogP contribution in [0, 0.1) is 5.41 Å². The molecule has 0 aliphatic carbocycles. The van der Waals surface area contributed by atoms with Gasteiger partial charge in [0.25, 0.3) is 21.8 Å². The molecule has 0 fully saturated rings. The van der Waals surface area contributed by atoms with Crippen molar-refractivity contribution in [3.8, 4) is 0 Å². The van der Waals surface area contributed by atoms with Crippen LogP contribution in [0.2, 0.25) is 0 Å². The number of fused-ring (bicyclic) bond motifs is 1. The fourth-order valence-corrected chi connectivity index (χ4v) is 4.32. The van der Waals surface area contributed by atoms with E-state index in [1.54, 1.807) is 14.0 Å². The Bertz CT molecular complexity index is 787. The summed E-state index contributed by atoms with van der Waals surface area (Å²) in [5.74, 6) is -0.860. The molecule has 132 valence electrons. The van der Waals surface area contributed by atoms with Crippen molar-refractivity contribution in [2.75, 3.05) is 26.7 Å². The fourth-order valence-electron chi connectivity index (χ4n) is 2.72. The third kappa shape index (κ3) is 3.03. The van der Waals surface area contributed by atoms with Crippen LogP contribution < -0.4 is 5.73 Å². The van der Waals surface area contributed by atoms with Gasteiger partial charge in [-0.3, -0.25) is 9.59 Å². The highest BCUT2D eigenvalue weighted by atomic mass is 32.2. The van der Waals surface area contributed by atoms with Gasteiger partial charge in [-0.2, -0.15) is 0 Å². The SMILES string of the molecule is CCN1C(=O)c2ccc(C(=O)N(C)CC(C)(C)CN)cc2S1(=O)=O. The number of nitrogens with two attached hydrogens (primary N) is 1. The van der Waals surface area contributed by atoms with E-state index in [0.29, 0.717) is 13.1 Å². The summed E-state index contributed by atoms with van der Waals surface area (Å²) in [4.78, 5) is 26.1. The third-order valence-corrected chi connectivity index (χ3v) is 6.00. The Morgan fingerprint density at radius 2 is 1.96 bits per heavy atom. The number of carbonyl (C=O) groups is 2. The average molecular weight is 353 g/mol. The summed E-state index contributed by atoms with van der Waals surface area (Å²) in [6.45, 7) is 6.40. The summed E-state index contributed by atoms with van der Waals surface area (Å²) in [5, 5.41) is 0. The van der Waals surface area contributed by atoms with Crippen molar-refractivity contribution in [2.45, 2.75) is 25.7 Å². The predicted molar refractivity (Wildman–Crippen MR) is 90.1 cm³/mol. The lowest BCUT2D eigenvalue weighted by Gasteiger charge is -2.29. The highest BCUT2D eigenvalue weighted by molar-refractivity contribution is 7.90. The Morgan fingerprint density at radius 3 is 2.50 bits per heavy atom. The number of carbonyl (C=O) groups excluding carboxylic acids is 2. The number of nitrogens with zero attached hydrogens (tertiary/aromatic N) is 2. The highest BCUT2D eigenvalue weighted by Gasteiger charge is 2.40. The standard InChI is InChI=1S/C16H23N3O4S/c1-5-19-15(21)12-7-6-11(8-13(12)24(19,22)23)14(20)18(4)10-16(2,3)9-17/h6-8H,5,9-10,17H2,1-4H3. The normalized spacial score (nSPS) is 16.2. The van der Waals surface area contributed by atoms with Crippen LogP contribution in [0.1, 0.15) is 41.5 Å². The summed E-state index contributed by atoms with van der Waals surface area (Å²) in [7, 11) is -2.23. The van der Waals surface area contributed by atoms with E-state index in [2.05, 4.69) is 0 Å². The van der Waals surface area contributed by atoms with Crippen LogP contribution in [0.3, 0.4) is 0 Å². The fraction of sp³-hybridized carbons (Fsp3) is 0.500. The van der Waals surface area contributed by atoms with E-state index >= 15 is 0 Å². The summed E-state index contributed by atoms with van der Waals surface area (Å²) in [5.41, 5.74) is 5.78.